The van der Waals surface area contributed by atoms with Crippen LogP contribution in [0.3, 0.4) is 0 Å². The molecule has 0 aromatic heterocycles. The second kappa shape index (κ2) is 4.52. The van der Waals surface area contributed by atoms with Crippen LogP contribution in [0.2, 0.25) is 0 Å². The first-order valence-corrected chi connectivity index (χ1v) is 5.17. The van der Waals surface area contributed by atoms with Crippen molar-refractivity contribution in [1.82, 2.24) is 0 Å². The van der Waals surface area contributed by atoms with E-state index in [-0.39, 0.29) is 0 Å². The molecular formula is C8H6BrO2S. The van der Waals surface area contributed by atoms with Gasteiger partial charge < -0.3 is 4.74 Å². The summed E-state index contributed by atoms with van der Waals surface area (Å²) in [4.78, 5) is 10.9. The maximum absolute atomic E-state index is 9.98. The molecule has 1 radical (unpaired) electrons. The normalized spacial score (nSPS) is 9.50. The number of hydrogen-bond donors (Lipinski definition) is 0. The molecule has 63 valence electrons. The number of ether oxygens (including phenoxy) is 1. The van der Waals surface area contributed by atoms with Crippen LogP contribution in [0.15, 0.2) is 27.6 Å². The lowest BCUT2D eigenvalue weighted by atomic mass is 10.3. The monoisotopic (exact) mass is 245 g/mol. The quantitative estimate of drug-likeness (QED) is 0.767. The van der Waals surface area contributed by atoms with Gasteiger partial charge in [0, 0.05) is 9.37 Å². The molecule has 0 heterocycles. The average molecular weight is 246 g/mol. The predicted octanol–water partition coefficient (Wildman–Crippen LogP) is 2.62. The van der Waals surface area contributed by atoms with Crippen LogP contribution in [0.5, 0.6) is 5.75 Å². The van der Waals surface area contributed by atoms with Gasteiger partial charge in [0.25, 0.3) is 0 Å². The predicted molar refractivity (Wildman–Crippen MR) is 52.2 cm³/mol. The van der Waals surface area contributed by atoms with Crippen molar-refractivity contribution in [3.8, 4) is 5.75 Å². The van der Waals surface area contributed by atoms with Crippen molar-refractivity contribution >= 4 is 34.2 Å². The smallest absolute Gasteiger partial charge is 0.417 e. The number of carbonyl (C=O) groups excluding carboxylic acids is 1. The van der Waals surface area contributed by atoms with Gasteiger partial charge >= 0.3 is 6.47 Å². The zero-order valence-corrected chi connectivity index (χ0v) is 8.74. The topological polar surface area (TPSA) is 26.3 Å². The maximum atomic E-state index is 9.98. The molecule has 0 aliphatic heterocycles. The van der Waals surface area contributed by atoms with Crippen LogP contribution in [0, 0.1) is 0 Å². The second-order valence-electron chi connectivity index (χ2n) is 1.98. The summed E-state index contributed by atoms with van der Waals surface area (Å²) in [6, 6.07) is 5.50. The first-order chi connectivity index (χ1) is 5.77. The molecule has 0 N–H and O–H groups in total. The second-order valence-corrected chi connectivity index (χ2v) is 3.74. The molecule has 2 nitrogen and oxygen atoms in total. The number of rotatable bonds is 3. The van der Waals surface area contributed by atoms with Gasteiger partial charge in [-0.2, -0.15) is 0 Å². The Bertz CT molecular complexity index is 288. The molecule has 0 atom stereocenters. The third kappa shape index (κ3) is 2.25. The van der Waals surface area contributed by atoms with Gasteiger partial charge in [0.1, 0.15) is 5.75 Å². The van der Waals surface area contributed by atoms with Crippen LogP contribution in [-0.2, 0) is 4.79 Å². The highest BCUT2D eigenvalue weighted by Gasteiger charge is 2.02. The van der Waals surface area contributed by atoms with E-state index in [2.05, 4.69) is 20.7 Å². The van der Waals surface area contributed by atoms with Gasteiger partial charge in [0.2, 0.25) is 0 Å². The van der Waals surface area contributed by atoms with Crippen LogP contribution in [0.4, 0.5) is 0 Å². The van der Waals surface area contributed by atoms with Gasteiger partial charge in [0.05, 0.1) is 0 Å². The van der Waals surface area contributed by atoms with Crippen LogP contribution in [-0.4, -0.2) is 12.7 Å². The van der Waals surface area contributed by atoms with E-state index < -0.39 is 0 Å². The summed E-state index contributed by atoms with van der Waals surface area (Å²) in [5, 5.41) is 0. The summed E-state index contributed by atoms with van der Waals surface area (Å²) in [5.41, 5.74) is 0. The van der Waals surface area contributed by atoms with Gasteiger partial charge in [-0.3, -0.25) is 0 Å². The lowest BCUT2D eigenvalue weighted by molar-refractivity contribution is 0.437. The molecule has 0 saturated carbocycles. The average Bonchev–Trinajstić information content (AvgIpc) is 2.05. The molecule has 0 fully saturated rings. The Morgan fingerprint density at radius 3 is 2.92 bits per heavy atom. The van der Waals surface area contributed by atoms with Crippen molar-refractivity contribution in [2.45, 2.75) is 4.90 Å². The van der Waals surface area contributed by atoms with Crippen molar-refractivity contribution < 1.29 is 9.53 Å². The van der Waals surface area contributed by atoms with Gasteiger partial charge in [-0.1, -0.05) is 15.9 Å². The molecule has 4 heteroatoms. The summed E-state index contributed by atoms with van der Waals surface area (Å²) in [6.45, 7) is 1.40. The molecule has 0 aliphatic carbocycles. The Balaban J connectivity index is 3.03. The minimum atomic E-state index is 0.534. The number of hydrogen-bond acceptors (Lipinski definition) is 3. The van der Waals surface area contributed by atoms with Gasteiger partial charge in [-0.05, 0) is 24.5 Å². The van der Waals surface area contributed by atoms with Crippen LogP contribution in [0.1, 0.15) is 0 Å². The molecule has 0 bridgehead atoms. The largest absolute Gasteiger partial charge is 0.423 e. The van der Waals surface area contributed by atoms with E-state index in [0.717, 1.165) is 9.37 Å². The fourth-order valence-electron chi connectivity index (χ4n) is 0.775. The summed E-state index contributed by atoms with van der Waals surface area (Å²) < 4.78 is 5.53. The molecule has 0 saturated heterocycles. The zero-order chi connectivity index (χ0) is 8.97. The number of benzene rings is 1. The van der Waals surface area contributed by atoms with E-state index in [0.29, 0.717) is 5.75 Å². The SMILES string of the molecule is CSc1ccc(Br)cc1O[C]=O. The first kappa shape index (κ1) is 9.61. The lowest BCUT2D eigenvalue weighted by Gasteiger charge is -2.03. The molecule has 1 rings (SSSR count). The van der Waals surface area contributed by atoms with Crippen LogP contribution in [0.25, 0.3) is 0 Å². The van der Waals surface area contributed by atoms with Gasteiger partial charge in [-0.15, -0.1) is 11.8 Å². The zero-order valence-electron chi connectivity index (χ0n) is 6.33. The Hall–Kier alpha value is -0.480. The fourth-order valence-corrected chi connectivity index (χ4v) is 1.62. The third-order valence-electron chi connectivity index (χ3n) is 1.28. The molecule has 0 spiro atoms. The summed E-state index contributed by atoms with van der Waals surface area (Å²) in [7, 11) is 0. The lowest BCUT2D eigenvalue weighted by Crippen LogP contribution is -1.90. The highest BCUT2D eigenvalue weighted by atomic mass is 79.9. The van der Waals surface area contributed by atoms with Crippen LogP contribution < -0.4 is 4.74 Å². The van der Waals surface area contributed by atoms with E-state index in [1.165, 1.54) is 18.2 Å². The maximum Gasteiger partial charge on any atom is 0.423 e. The Morgan fingerprint density at radius 2 is 2.33 bits per heavy atom. The van der Waals surface area contributed by atoms with E-state index in [1.54, 1.807) is 6.07 Å². The molecule has 0 amide bonds. The highest BCUT2D eigenvalue weighted by molar-refractivity contribution is 9.10. The molecule has 1 aromatic carbocycles. The first-order valence-electron chi connectivity index (χ1n) is 3.15. The van der Waals surface area contributed by atoms with E-state index >= 15 is 0 Å². The Labute approximate surface area is 83.4 Å². The van der Waals surface area contributed by atoms with Crippen molar-refractivity contribution in [1.29, 1.82) is 0 Å². The summed E-state index contributed by atoms with van der Waals surface area (Å²) in [5.74, 6) is 0.534. The molecule has 12 heavy (non-hydrogen) atoms. The molecule has 0 aliphatic rings. The van der Waals surface area contributed by atoms with Crippen molar-refractivity contribution in [3.05, 3.63) is 22.7 Å². The van der Waals surface area contributed by atoms with E-state index in [9.17, 15) is 4.79 Å². The Morgan fingerprint density at radius 1 is 1.58 bits per heavy atom. The van der Waals surface area contributed by atoms with Crippen molar-refractivity contribution in [2.24, 2.45) is 0 Å². The molecule has 0 unspecified atom stereocenters. The Kier molecular flexibility index (Phi) is 3.62. The summed E-state index contributed by atoms with van der Waals surface area (Å²) >= 11 is 4.80. The van der Waals surface area contributed by atoms with Gasteiger partial charge in [-0.25, -0.2) is 4.79 Å². The molecule has 1 aromatic rings. The van der Waals surface area contributed by atoms with E-state index in [4.69, 9.17) is 0 Å². The van der Waals surface area contributed by atoms with Crippen molar-refractivity contribution in [3.63, 3.8) is 0 Å². The number of halogens is 1. The standard InChI is InChI=1S/C8H6BrO2S/c1-12-8-3-2-6(9)4-7(8)11-5-10/h2-4H,1H3. The van der Waals surface area contributed by atoms with Crippen molar-refractivity contribution in [2.75, 3.05) is 6.26 Å². The van der Waals surface area contributed by atoms with E-state index in [1.807, 2.05) is 18.4 Å². The third-order valence-corrected chi connectivity index (χ3v) is 2.55. The minimum absolute atomic E-state index is 0.534. The molecular weight excluding hydrogens is 240 g/mol. The van der Waals surface area contributed by atoms with Gasteiger partial charge in [0.15, 0.2) is 0 Å². The fraction of sp³-hybridized carbons (Fsp3) is 0.125. The van der Waals surface area contributed by atoms with Crippen LogP contribution >= 0.6 is 27.7 Å². The minimum Gasteiger partial charge on any atom is -0.417 e. The number of thioether (sulfide) groups is 1. The highest BCUT2D eigenvalue weighted by Crippen LogP contribution is 2.29. The summed E-state index contributed by atoms with van der Waals surface area (Å²) in [6.07, 6.45) is 1.92.